The largest absolute Gasteiger partial charge is 0.395 e. The fraction of sp³-hybridized carbons (Fsp3) is 0.429. The molecular formula is C35H43N3O7. The highest BCUT2D eigenvalue weighted by molar-refractivity contribution is 5.78. The molecule has 0 spiro atoms. The van der Waals surface area contributed by atoms with Gasteiger partial charge in [-0.25, -0.2) is 5.48 Å². The van der Waals surface area contributed by atoms with E-state index in [9.17, 15) is 19.8 Å². The minimum Gasteiger partial charge on any atom is -0.395 e. The SMILES string of the molecule is O=C(CCCC(=O)NCc1cccc(-c2ccc([C@@H]3O[C@H](CN4CCC[C@H]4CO)C[C@H](c4ccc(CO)cc4)O3)cc2)c1)NO. The summed E-state index contributed by atoms with van der Waals surface area (Å²) in [4.78, 5) is 25.6. The van der Waals surface area contributed by atoms with Gasteiger partial charge in [0.25, 0.3) is 0 Å². The summed E-state index contributed by atoms with van der Waals surface area (Å²) in [6, 6.07) is 24.2. The molecule has 0 saturated carbocycles. The van der Waals surface area contributed by atoms with Crippen LogP contribution in [0.15, 0.2) is 72.8 Å². The lowest BCUT2D eigenvalue weighted by molar-refractivity contribution is -0.253. The van der Waals surface area contributed by atoms with Crippen LogP contribution in [-0.4, -0.2) is 64.0 Å². The third-order valence-electron chi connectivity index (χ3n) is 8.63. The van der Waals surface area contributed by atoms with Crippen molar-refractivity contribution in [1.82, 2.24) is 15.7 Å². The van der Waals surface area contributed by atoms with Gasteiger partial charge in [-0.2, -0.15) is 0 Å². The van der Waals surface area contributed by atoms with Crippen LogP contribution in [0.1, 0.15) is 73.2 Å². The normalized spacial score (nSPS) is 21.8. The van der Waals surface area contributed by atoms with Crippen molar-refractivity contribution in [2.75, 3.05) is 19.7 Å². The van der Waals surface area contributed by atoms with Gasteiger partial charge in [0.2, 0.25) is 11.8 Å². The van der Waals surface area contributed by atoms with E-state index in [2.05, 4.69) is 10.2 Å². The lowest BCUT2D eigenvalue weighted by atomic mass is 9.98. The summed E-state index contributed by atoms with van der Waals surface area (Å²) < 4.78 is 13.0. The van der Waals surface area contributed by atoms with E-state index in [0.29, 0.717) is 19.4 Å². The maximum absolute atomic E-state index is 12.2. The molecule has 0 radical (unpaired) electrons. The minimum atomic E-state index is -0.555. The Bertz CT molecular complexity index is 1400. The van der Waals surface area contributed by atoms with Gasteiger partial charge in [0, 0.05) is 44.0 Å². The summed E-state index contributed by atoms with van der Waals surface area (Å²) in [6.07, 6.45) is 2.62. The average molecular weight is 618 g/mol. The van der Waals surface area contributed by atoms with Crippen LogP contribution in [0, 0.1) is 0 Å². The standard InChI is InChI=1S/C35H43N3O7/c39-22-24-9-11-27(12-10-24)32-19-31(21-38-17-3-6-30(38)23-40)44-35(45-32)28-15-13-26(14-16-28)29-5-1-4-25(18-29)20-36-33(41)7-2-8-34(42)37-43/h1,4-5,9-16,18,30-32,35,39-40,43H,2-3,6-8,17,19-23H2,(H,36,41)(H,37,42)/t30-,31-,32+,35+/m0/s1. The number of likely N-dealkylation sites (tertiary alicyclic amines) is 1. The molecule has 10 nitrogen and oxygen atoms in total. The Hall–Kier alpha value is -3.64. The highest BCUT2D eigenvalue weighted by Crippen LogP contribution is 2.39. The molecule has 45 heavy (non-hydrogen) atoms. The molecule has 5 rings (SSSR count). The number of benzene rings is 3. The van der Waals surface area contributed by atoms with Gasteiger partial charge in [-0.3, -0.25) is 19.7 Å². The number of ether oxygens (including phenoxy) is 2. The number of rotatable bonds is 13. The van der Waals surface area contributed by atoms with Crippen LogP contribution in [0.25, 0.3) is 11.1 Å². The van der Waals surface area contributed by atoms with Crippen LogP contribution < -0.4 is 10.8 Å². The van der Waals surface area contributed by atoms with E-state index >= 15 is 0 Å². The number of aliphatic hydroxyl groups excluding tert-OH is 2. The monoisotopic (exact) mass is 617 g/mol. The van der Waals surface area contributed by atoms with Crippen molar-refractivity contribution in [2.24, 2.45) is 0 Å². The fourth-order valence-corrected chi connectivity index (χ4v) is 6.08. The van der Waals surface area contributed by atoms with E-state index < -0.39 is 12.2 Å². The lowest BCUT2D eigenvalue weighted by Gasteiger charge is -2.38. The van der Waals surface area contributed by atoms with Crippen molar-refractivity contribution in [1.29, 1.82) is 0 Å². The number of aliphatic hydroxyl groups is 2. The van der Waals surface area contributed by atoms with E-state index in [0.717, 1.165) is 59.3 Å². The third kappa shape index (κ3) is 8.97. The van der Waals surface area contributed by atoms with Crippen LogP contribution >= 0.6 is 0 Å². The number of amides is 2. The number of hydrogen-bond acceptors (Lipinski definition) is 8. The molecule has 2 fully saturated rings. The Morgan fingerprint density at radius 3 is 2.36 bits per heavy atom. The number of carbonyl (C=O) groups excluding carboxylic acids is 2. The highest BCUT2D eigenvalue weighted by Gasteiger charge is 2.35. The maximum Gasteiger partial charge on any atom is 0.243 e. The summed E-state index contributed by atoms with van der Waals surface area (Å²) in [5, 5.41) is 30.8. The molecule has 2 aliphatic rings. The van der Waals surface area contributed by atoms with Gasteiger partial charge in [-0.05, 0) is 59.7 Å². The van der Waals surface area contributed by atoms with Crippen LogP contribution in [0.2, 0.25) is 0 Å². The number of nitrogens with one attached hydrogen (secondary N) is 2. The molecular weight excluding hydrogens is 574 g/mol. The highest BCUT2D eigenvalue weighted by atomic mass is 16.7. The van der Waals surface area contributed by atoms with E-state index in [-0.39, 0.29) is 50.2 Å². The predicted molar refractivity (Wildman–Crippen MR) is 168 cm³/mol. The van der Waals surface area contributed by atoms with Crippen LogP contribution in [0.4, 0.5) is 0 Å². The van der Waals surface area contributed by atoms with Crippen molar-refractivity contribution >= 4 is 11.8 Å². The summed E-state index contributed by atoms with van der Waals surface area (Å²) in [6.45, 7) is 2.20. The first-order valence-corrected chi connectivity index (χ1v) is 15.7. The smallest absolute Gasteiger partial charge is 0.243 e. The fourth-order valence-electron chi connectivity index (χ4n) is 6.08. The molecule has 0 unspecified atom stereocenters. The van der Waals surface area contributed by atoms with Gasteiger partial charge < -0.3 is 25.0 Å². The second-order valence-corrected chi connectivity index (χ2v) is 11.8. The van der Waals surface area contributed by atoms with Crippen molar-refractivity contribution in [3.63, 3.8) is 0 Å². The van der Waals surface area contributed by atoms with Crippen molar-refractivity contribution in [3.05, 3.63) is 95.1 Å². The van der Waals surface area contributed by atoms with Crippen molar-refractivity contribution < 1.29 is 34.5 Å². The second-order valence-electron chi connectivity index (χ2n) is 11.8. The molecule has 5 N–H and O–H groups in total. The van der Waals surface area contributed by atoms with Gasteiger partial charge in [0.05, 0.1) is 25.4 Å². The van der Waals surface area contributed by atoms with E-state index in [4.69, 9.17) is 14.7 Å². The predicted octanol–water partition coefficient (Wildman–Crippen LogP) is 4.14. The van der Waals surface area contributed by atoms with Gasteiger partial charge in [-0.1, -0.05) is 66.7 Å². The summed E-state index contributed by atoms with van der Waals surface area (Å²) in [7, 11) is 0. The first-order chi connectivity index (χ1) is 21.9. The third-order valence-corrected chi connectivity index (χ3v) is 8.63. The van der Waals surface area contributed by atoms with Gasteiger partial charge in [-0.15, -0.1) is 0 Å². The average Bonchev–Trinajstić information content (AvgIpc) is 3.54. The lowest BCUT2D eigenvalue weighted by Crippen LogP contribution is -2.42. The Kier molecular flexibility index (Phi) is 11.7. The summed E-state index contributed by atoms with van der Waals surface area (Å²) >= 11 is 0. The quantitative estimate of drug-likeness (QED) is 0.142. The van der Waals surface area contributed by atoms with E-state index in [1.807, 2.05) is 72.8 Å². The Labute approximate surface area is 263 Å². The zero-order chi connectivity index (χ0) is 31.6. The first-order valence-electron chi connectivity index (χ1n) is 15.7. The molecule has 240 valence electrons. The van der Waals surface area contributed by atoms with Crippen LogP contribution in [0.3, 0.4) is 0 Å². The first kappa shape index (κ1) is 32.7. The molecule has 2 amide bonds. The summed E-state index contributed by atoms with van der Waals surface area (Å²) in [5.74, 6) is -0.657. The van der Waals surface area contributed by atoms with Crippen LogP contribution in [0.5, 0.6) is 0 Å². The molecule has 4 atom stereocenters. The molecule has 2 aliphatic heterocycles. The Balaban J connectivity index is 1.25. The van der Waals surface area contributed by atoms with Crippen molar-refractivity contribution in [3.8, 4) is 11.1 Å². The molecule has 0 aliphatic carbocycles. The minimum absolute atomic E-state index is 0.00500. The molecule has 2 heterocycles. The molecule has 3 aromatic rings. The number of hydroxylamine groups is 1. The molecule has 3 aromatic carbocycles. The molecule has 0 bridgehead atoms. The zero-order valence-electron chi connectivity index (χ0n) is 25.4. The van der Waals surface area contributed by atoms with E-state index in [1.165, 1.54) is 0 Å². The molecule has 0 aromatic heterocycles. The number of carbonyl (C=O) groups is 2. The zero-order valence-corrected chi connectivity index (χ0v) is 25.4. The maximum atomic E-state index is 12.2. The van der Waals surface area contributed by atoms with Gasteiger partial charge in [0.15, 0.2) is 6.29 Å². The molecule has 10 heteroatoms. The summed E-state index contributed by atoms with van der Waals surface area (Å²) in [5.41, 5.74) is 7.38. The van der Waals surface area contributed by atoms with Gasteiger partial charge >= 0.3 is 0 Å². The van der Waals surface area contributed by atoms with Crippen LogP contribution in [-0.2, 0) is 32.2 Å². The number of hydrogen-bond donors (Lipinski definition) is 5. The topological polar surface area (TPSA) is 141 Å². The Morgan fingerprint density at radius 1 is 0.867 bits per heavy atom. The Morgan fingerprint density at radius 2 is 1.62 bits per heavy atom. The number of nitrogens with zero attached hydrogens (tertiary/aromatic N) is 1. The van der Waals surface area contributed by atoms with E-state index in [1.54, 1.807) is 5.48 Å². The van der Waals surface area contributed by atoms with Gasteiger partial charge in [0.1, 0.15) is 0 Å². The second kappa shape index (κ2) is 16.1. The molecule has 2 saturated heterocycles. The van der Waals surface area contributed by atoms with Crippen molar-refractivity contribution in [2.45, 2.75) is 76.2 Å².